The fraction of sp³-hybridized carbons (Fsp3) is 0.647. The monoisotopic (exact) mass is 245 g/mol. The van der Waals surface area contributed by atoms with Crippen LogP contribution in [0, 0.1) is 5.92 Å². The maximum atomic E-state index is 2.65. The SMILES string of the molecule is CCCCC1CCN(CCc2ccccc2)CC1. The second kappa shape index (κ2) is 7.58. The zero-order valence-electron chi connectivity index (χ0n) is 11.8. The third kappa shape index (κ3) is 4.45. The molecular weight excluding hydrogens is 218 g/mol. The molecule has 0 N–H and O–H groups in total. The molecule has 1 heterocycles. The fourth-order valence-electron chi connectivity index (χ4n) is 2.92. The van der Waals surface area contributed by atoms with Crippen LogP contribution in [0.4, 0.5) is 0 Å². The van der Waals surface area contributed by atoms with Crippen molar-refractivity contribution >= 4 is 0 Å². The van der Waals surface area contributed by atoms with Crippen molar-refractivity contribution in [2.75, 3.05) is 19.6 Å². The summed E-state index contributed by atoms with van der Waals surface area (Å²) in [5.41, 5.74) is 1.48. The Bertz CT molecular complexity index is 312. The standard InChI is InChI=1S/C17H27N/c1-2-3-7-17-11-14-18(15-12-17)13-10-16-8-5-4-6-9-16/h4-6,8-9,17H,2-3,7,10-15H2,1H3. The molecule has 1 saturated heterocycles. The summed E-state index contributed by atoms with van der Waals surface area (Å²) in [7, 11) is 0. The van der Waals surface area contributed by atoms with Gasteiger partial charge in [0.15, 0.2) is 0 Å². The van der Waals surface area contributed by atoms with Gasteiger partial charge in [0.2, 0.25) is 0 Å². The molecule has 0 aromatic heterocycles. The molecule has 100 valence electrons. The van der Waals surface area contributed by atoms with Crippen molar-refractivity contribution in [3.63, 3.8) is 0 Å². The third-order valence-corrected chi connectivity index (χ3v) is 4.23. The lowest BCUT2D eigenvalue weighted by Crippen LogP contribution is -2.35. The van der Waals surface area contributed by atoms with Crippen molar-refractivity contribution < 1.29 is 0 Å². The van der Waals surface area contributed by atoms with Crippen molar-refractivity contribution in [3.05, 3.63) is 35.9 Å². The Morgan fingerprint density at radius 2 is 1.83 bits per heavy atom. The van der Waals surface area contributed by atoms with Crippen LogP contribution in [0.2, 0.25) is 0 Å². The van der Waals surface area contributed by atoms with Crippen LogP contribution in [-0.4, -0.2) is 24.5 Å². The molecule has 18 heavy (non-hydrogen) atoms. The number of hydrogen-bond donors (Lipinski definition) is 0. The molecule has 0 spiro atoms. The van der Waals surface area contributed by atoms with Gasteiger partial charge in [-0.1, -0.05) is 56.5 Å². The minimum Gasteiger partial charge on any atom is -0.303 e. The minimum absolute atomic E-state index is 1.01. The summed E-state index contributed by atoms with van der Waals surface area (Å²) < 4.78 is 0. The molecule has 0 unspecified atom stereocenters. The van der Waals surface area contributed by atoms with Crippen LogP contribution in [0.5, 0.6) is 0 Å². The van der Waals surface area contributed by atoms with Crippen LogP contribution in [0.25, 0.3) is 0 Å². The van der Waals surface area contributed by atoms with Crippen LogP contribution in [0.3, 0.4) is 0 Å². The highest BCUT2D eigenvalue weighted by Gasteiger charge is 2.18. The first-order valence-electron chi connectivity index (χ1n) is 7.64. The zero-order valence-corrected chi connectivity index (χ0v) is 11.8. The van der Waals surface area contributed by atoms with E-state index in [1.807, 2.05) is 0 Å². The third-order valence-electron chi connectivity index (χ3n) is 4.23. The van der Waals surface area contributed by atoms with Gasteiger partial charge >= 0.3 is 0 Å². The smallest absolute Gasteiger partial charge is 0.00218 e. The summed E-state index contributed by atoms with van der Waals surface area (Å²) in [6, 6.07) is 10.9. The van der Waals surface area contributed by atoms with Gasteiger partial charge in [0.05, 0.1) is 0 Å². The number of likely N-dealkylation sites (tertiary alicyclic amines) is 1. The molecule has 0 aliphatic carbocycles. The second-order valence-corrected chi connectivity index (χ2v) is 5.66. The predicted octanol–water partition coefficient (Wildman–Crippen LogP) is 4.13. The molecule has 0 amide bonds. The highest BCUT2D eigenvalue weighted by atomic mass is 15.1. The Kier molecular flexibility index (Phi) is 5.73. The summed E-state index contributed by atoms with van der Waals surface area (Å²) in [4.78, 5) is 2.65. The number of rotatable bonds is 6. The van der Waals surface area contributed by atoms with E-state index in [4.69, 9.17) is 0 Å². The highest BCUT2D eigenvalue weighted by Crippen LogP contribution is 2.22. The van der Waals surface area contributed by atoms with Crippen LogP contribution in [0.1, 0.15) is 44.6 Å². The normalized spacial score (nSPS) is 18.1. The summed E-state index contributed by atoms with van der Waals surface area (Å²) in [6.07, 6.45) is 8.30. The maximum Gasteiger partial charge on any atom is 0.00218 e. The molecular formula is C17H27N. The lowest BCUT2D eigenvalue weighted by molar-refractivity contribution is 0.179. The topological polar surface area (TPSA) is 3.24 Å². The second-order valence-electron chi connectivity index (χ2n) is 5.66. The molecule has 1 aliphatic heterocycles. The van der Waals surface area contributed by atoms with E-state index in [-0.39, 0.29) is 0 Å². The summed E-state index contributed by atoms with van der Waals surface area (Å²) in [5.74, 6) is 1.01. The van der Waals surface area contributed by atoms with Crippen molar-refractivity contribution in [1.29, 1.82) is 0 Å². The number of unbranched alkanes of at least 4 members (excludes halogenated alkanes) is 1. The summed E-state index contributed by atoms with van der Waals surface area (Å²) in [6.45, 7) is 6.18. The van der Waals surface area contributed by atoms with Crippen LogP contribution in [-0.2, 0) is 6.42 Å². The van der Waals surface area contributed by atoms with E-state index < -0.39 is 0 Å². The molecule has 1 nitrogen and oxygen atoms in total. The fourth-order valence-corrected chi connectivity index (χ4v) is 2.92. The van der Waals surface area contributed by atoms with E-state index in [1.165, 1.54) is 63.7 Å². The van der Waals surface area contributed by atoms with Gasteiger partial charge in [0.1, 0.15) is 0 Å². The van der Waals surface area contributed by atoms with E-state index in [9.17, 15) is 0 Å². The number of piperidine rings is 1. The first-order chi connectivity index (χ1) is 8.88. The highest BCUT2D eigenvalue weighted by molar-refractivity contribution is 5.14. The van der Waals surface area contributed by atoms with Gasteiger partial charge in [0.25, 0.3) is 0 Å². The van der Waals surface area contributed by atoms with Gasteiger partial charge in [-0.2, -0.15) is 0 Å². The van der Waals surface area contributed by atoms with E-state index in [2.05, 4.69) is 42.2 Å². The maximum absolute atomic E-state index is 2.65. The van der Waals surface area contributed by atoms with Gasteiger partial charge in [-0.05, 0) is 43.8 Å². The lowest BCUT2D eigenvalue weighted by Gasteiger charge is -2.32. The van der Waals surface area contributed by atoms with E-state index in [1.54, 1.807) is 0 Å². The Hall–Kier alpha value is -0.820. The van der Waals surface area contributed by atoms with Crippen molar-refractivity contribution in [1.82, 2.24) is 4.90 Å². The van der Waals surface area contributed by atoms with Crippen molar-refractivity contribution in [3.8, 4) is 0 Å². The summed E-state index contributed by atoms with van der Waals surface area (Å²) in [5, 5.41) is 0. The molecule has 1 aliphatic rings. The first kappa shape index (κ1) is 13.6. The molecule has 1 aromatic rings. The molecule has 1 heteroatoms. The Balaban J connectivity index is 1.65. The Morgan fingerprint density at radius 3 is 2.50 bits per heavy atom. The molecule has 0 atom stereocenters. The molecule has 2 rings (SSSR count). The van der Waals surface area contributed by atoms with E-state index >= 15 is 0 Å². The van der Waals surface area contributed by atoms with Gasteiger partial charge in [-0.25, -0.2) is 0 Å². The summed E-state index contributed by atoms with van der Waals surface area (Å²) >= 11 is 0. The molecule has 0 bridgehead atoms. The van der Waals surface area contributed by atoms with Gasteiger partial charge in [-0.3, -0.25) is 0 Å². The minimum atomic E-state index is 1.01. The Morgan fingerprint density at radius 1 is 1.11 bits per heavy atom. The van der Waals surface area contributed by atoms with E-state index in [0.717, 1.165) is 5.92 Å². The van der Waals surface area contributed by atoms with Gasteiger partial charge < -0.3 is 4.90 Å². The predicted molar refractivity (Wildman–Crippen MR) is 78.8 cm³/mol. The number of nitrogens with zero attached hydrogens (tertiary/aromatic N) is 1. The van der Waals surface area contributed by atoms with Crippen LogP contribution in [0.15, 0.2) is 30.3 Å². The largest absolute Gasteiger partial charge is 0.303 e. The van der Waals surface area contributed by atoms with Crippen molar-refractivity contribution in [2.24, 2.45) is 5.92 Å². The molecule has 1 fully saturated rings. The average molecular weight is 245 g/mol. The number of hydrogen-bond acceptors (Lipinski definition) is 1. The average Bonchev–Trinajstić information content (AvgIpc) is 2.45. The molecule has 0 saturated carbocycles. The van der Waals surface area contributed by atoms with Crippen LogP contribution >= 0.6 is 0 Å². The van der Waals surface area contributed by atoms with Gasteiger partial charge in [0, 0.05) is 6.54 Å². The lowest BCUT2D eigenvalue weighted by atomic mass is 9.91. The zero-order chi connectivity index (χ0) is 12.6. The molecule has 1 aromatic carbocycles. The van der Waals surface area contributed by atoms with Crippen molar-refractivity contribution in [2.45, 2.75) is 45.4 Å². The quantitative estimate of drug-likeness (QED) is 0.728. The first-order valence-corrected chi connectivity index (χ1v) is 7.64. The van der Waals surface area contributed by atoms with Gasteiger partial charge in [-0.15, -0.1) is 0 Å². The molecule has 0 radical (unpaired) electrons. The van der Waals surface area contributed by atoms with Crippen LogP contribution < -0.4 is 0 Å². The number of benzene rings is 1. The Labute approximate surface area is 112 Å². The van der Waals surface area contributed by atoms with E-state index in [0.29, 0.717) is 0 Å².